The molecule has 3 rings (SSSR count). The molecular formula is C14H15ClN2O. The van der Waals surface area contributed by atoms with Crippen LogP contribution in [0, 0.1) is 0 Å². The van der Waals surface area contributed by atoms with E-state index in [1.807, 2.05) is 24.3 Å². The molecule has 1 aliphatic rings. The highest BCUT2D eigenvalue weighted by Gasteiger charge is 2.36. The van der Waals surface area contributed by atoms with Crippen molar-refractivity contribution in [1.82, 2.24) is 4.98 Å². The van der Waals surface area contributed by atoms with Crippen LogP contribution in [0.1, 0.15) is 24.8 Å². The SMILES string of the molecule is COc1ccc2c(Cl)c(C3(N)CCC3)ccc2n1. The van der Waals surface area contributed by atoms with Gasteiger partial charge in [-0.2, -0.15) is 0 Å². The predicted molar refractivity (Wildman–Crippen MR) is 73.0 cm³/mol. The molecule has 1 saturated carbocycles. The summed E-state index contributed by atoms with van der Waals surface area (Å²) in [6, 6.07) is 7.72. The summed E-state index contributed by atoms with van der Waals surface area (Å²) in [5, 5.41) is 1.66. The molecular weight excluding hydrogens is 248 g/mol. The first-order chi connectivity index (χ1) is 8.64. The summed E-state index contributed by atoms with van der Waals surface area (Å²) in [4.78, 5) is 4.37. The average molecular weight is 263 g/mol. The third-order valence-electron chi connectivity index (χ3n) is 3.77. The van der Waals surface area contributed by atoms with E-state index >= 15 is 0 Å². The molecule has 1 fully saturated rings. The van der Waals surface area contributed by atoms with Crippen LogP contribution in [0.2, 0.25) is 5.02 Å². The van der Waals surface area contributed by atoms with Crippen molar-refractivity contribution >= 4 is 22.5 Å². The van der Waals surface area contributed by atoms with E-state index in [-0.39, 0.29) is 5.54 Å². The summed E-state index contributed by atoms with van der Waals surface area (Å²) in [5.41, 5.74) is 7.97. The van der Waals surface area contributed by atoms with Gasteiger partial charge in [0.2, 0.25) is 5.88 Å². The standard InChI is InChI=1S/C14H15ClN2O/c1-18-12-6-3-9-11(17-12)5-4-10(13(9)15)14(16)7-2-8-14/h3-6H,2,7-8,16H2,1H3. The van der Waals surface area contributed by atoms with Crippen LogP contribution in [0.4, 0.5) is 0 Å². The van der Waals surface area contributed by atoms with E-state index in [0.29, 0.717) is 5.88 Å². The minimum atomic E-state index is -0.245. The Balaban J connectivity index is 2.17. The van der Waals surface area contributed by atoms with Crippen molar-refractivity contribution in [3.63, 3.8) is 0 Å². The summed E-state index contributed by atoms with van der Waals surface area (Å²) < 4.78 is 5.11. The predicted octanol–water partition coefficient (Wildman–Crippen LogP) is 3.23. The van der Waals surface area contributed by atoms with E-state index < -0.39 is 0 Å². The van der Waals surface area contributed by atoms with Gasteiger partial charge >= 0.3 is 0 Å². The van der Waals surface area contributed by atoms with Gasteiger partial charge < -0.3 is 10.5 Å². The van der Waals surface area contributed by atoms with E-state index in [9.17, 15) is 0 Å². The first kappa shape index (κ1) is 11.8. The highest BCUT2D eigenvalue weighted by atomic mass is 35.5. The highest BCUT2D eigenvalue weighted by molar-refractivity contribution is 6.36. The van der Waals surface area contributed by atoms with Crippen LogP contribution in [0.5, 0.6) is 5.88 Å². The highest BCUT2D eigenvalue weighted by Crippen LogP contribution is 2.43. The van der Waals surface area contributed by atoms with Gasteiger partial charge in [0.1, 0.15) is 0 Å². The third kappa shape index (κ3) is 1.66. The number of ether oxygens (including phenoxy) is 1. The van der Waals surface area contributed by atoms with Crippen LogP contribution in [0.3, 0.4) is 0 Å². The number of nitrogens with two attached hydrogens (primary N) is 1. The molecule has 2 N–H and O–H groups in total. The smallest absolute Gasteiger partial charge is 0.213 e. The van der Waals surface area contributed by atoms with E-state index in [1.54, 1.807) is 7.11 Å². The van der Waals surface area contributed by atoms with Crippen molar-refractivity contribution in [3.05, 3.63) is 34.9 Å². The largest absolute Gasteiger partial charge is 0.481 e. The fraction of sp³-hybridized carbons (Fsp3) is 0.357. The zero-order chi connectivity index (χ0) is 12.8. The maximum absolute atomic E-state index is 6.47. The van der Waals surface area contributed by atoms with Crippen LogP contribution in [-0.4, -0.2) is 12.1 Å². The summed E-state index contributed by atoms with van der Waals surface area (Å²) in [5.74, 6) is 0.595. The van der Waals surface area contributed by atoms with Gasteiger partial charge in [0.05, 0.1) is 17.6 Å². The number of methoxy groups -OCH3 is 1. The van der Waals surface area contributed by atoms with Crippen LogP contribution < -0.4 is 10.5 Å². The van der Waals surface area contributed by atoms with Crippen molar-refractivity contribution in [1.29, 1.82) is 0 Å². The van der Waals surface area contributed by atoms with Crippen LogP contribution in [-0.2, 0) is 5.54 Å². The minimum Gasteiger partial charge on any atom is -0.481 e. The lowest BCUT2D eigenvalue weighted by atomic mass is 9.72. The number of fused-ring (bicyclic) bond motifs is 1. The average Bonchev–Trinajstić information content (AvgIpc) is 2.36. The Morgan fingerprint density at radius 2 is 2.06 bits per heavy atom. The number of halogens is 1. The lowest BCUT2D eigenvalue weighted by Gasteiger charge is -2.39. The lowest BCUT2D eigenvalue weighted by Crippen LogP contribution is -2.43. The molecule has 1 aliphatic carbocycles. The van der Waals surface area contributed by atoms with E-state index in [1.165, 1.54) is 6.42 Å². The fourth-order valence-electron chi connectivity index (χ4n) is 2.47. The van der Waals surface area contributed by atoms with Gasteiger partial charge in [-0.3, -0.25) is 0 Å². The molecule has 0 radical (unpaired) electrons. The molecule has 0 spiro atoms. The van der Waals surface area contributed by atoms with Crippen molar-refractivity contribution in [2.24, 2.45) is 5.73 Å². The summed E-state index contributed by atoms with van der Waals surface area (Å²) >= 11 is 6.47. The molecule has 0 aliphatic heterocycles. The Hall–Kier alpha value is -1.32. The van der Waals surface area contributed by atoms with Crippen molar-refractivity contribution in [2.45, 2.75) is 24.8 Å². The second kappa shape index (κ2) is 4.11. The quantitative estimate of drug-likeness (QED) is 0.904. The maximum Gasteiger partial charge on any atom is 0.213 e. The minimum absolute atomic E-state index is 0.245. The molecule has 0 bridgehead atoms. The van der Waals surface area contributed by atoms with Gasteiger partial charge in [0.25, 0.3) is 0 Å². The Kier molecular flexibility index (Phi) is 2.68. The van der Waals surface area contributed by atoms with Gasteiger partial charge in [-0.25, -0.2) is 4.98 Å². The first-order valence-corrected chi connectivity index (χ1v) is 6.44. The third-order valence-corrected chi connectivity index (χ3v) is 4.18. The van der Waals surface area contributed by atoms with E-state index in [2.05, 4.69) is 4.98 Å². The molecule has 1 aromatic heterocycles. The van der Waals surface area contributed by atoms with E-state index in [4.69, 9.17) is 22.1 Å². The molecule has 18 heavy (non-hydrogen) atoms. The molecule has 0 amide bonds. The van der Waals surface area contributed by atoms with Crippen LogP contribution in [0.25, 0.3) is 10.9 Å². The molecule has 1 aromatic carbocycles. The lowest BCUT2D eigenvalue weighted by molar-refractivity contribution is 0.254. The van der Waals surface area contributed by atoms with Crippen molar-refractivity contribution in [2.75, 3.05) is 7.11 Å². The second-order valence-corrected chi connectivity index (χ2v) is 5.24. The van der Waals surface area contributed by atoms with Gasteiger partial charge in [-0.05, 0) is 37.0 Å². The summed E-state index contributed by atoms with van der Waals surface area (Å²) in [6.45, 7) is 0. The Morgan fingerprint density at radius 1 is 1.28 bits per heavy atom. The number of pyridine rings is 1. The molecule has 0 unspecified atom stereocenters. The topological polar surface area (TPSA) is 48.1 Å². The normalized spacial score (nSPS) is 17.5. The maximum atomic E-state index is 6.47. The van der Waals surface area contributed by atoms with Gasteiger partial charge in [-0.1, -0.05) is 17.7 Å². The number of nitrogens with zero attached hydrogens (tertiary/aromatic N) is 1. The van der Waals surface area contributed by atoms with Gasteiger partial charge in [0, 0.05) is 17.0 Å². The van der Waals surface area contributed by atoms with E-state index in [0.717, 1.165) is 34.3 Å². The van der Waals surface area contributed by atoms with Gasteiger partial charge in [-0.15, -0.1) is 0 Å². The fourth-order valence-corrected chi connectivity index (χ4v) is 2.89. The second-order valence-electron chi connectivity index (χ2n) is 4.86. The number of hydrogen-bond acceptors (Lipinski definition) is 3. The zero-order valence-electron chi connectivity index (χ0n) is 10.2. The molecule has 2 aromatic rings. The Morgan fingerprint density at radius 3 is 2.67 bits per heavy atom. The molecule has 94 valence electrons. The number of benzene rings is 1. The van der Waals surface area contributed by atoms with Crippen LogP contribution >= 0.6 is 11.6 Å². The van der Waals surface area contributed by atoms with Crippen molar-refractivity contribution in [3.8, 4) is 5.88 Å². The summed E-state index contributed by atoms with van der Waals surface area (Å²) in [6.07, 6.45) is 3.18. The van der Waals surface area contributed by atoms with Gasteiger partial charge in [0.15, 0.2) is 0 Å². The van der Waals surface area contributed by atoms with Crippen molar-refractivity contribution < 1.29 is 4.74 Å². The molecule has 3 nitrogen and oxygen atoms in total. The Bertz CT molecular complexity index is 608. The van der Waals surface area contributed by atoms with Crippen LogP contribution in [0.15, 0.2) is 24.3 Å². The molecule has 0 saturated heterocycles. The number of hydrogen-bond donors (Lipinski definition) is 1. The Labute approximate surface area is 111 Å². The molecule has 4 heteroatoms. The molecule has 1 heterocycles. The summed E-state index contributed by atoms with van der Waals surface area (Å²) in [7, 11) is 1.60. The monoisotopic (exact) mass is 262 g/mol. The number of rotatable bonds is 2. The molecule has 0 atom stereocenters. The first-order valence-electron chi connectivity index (χ1n) is 6.07. The zero-order valence-corrected chi connectivity index (χ0v) is 11.0. The number of aromatic nitrogens is 1.